The third kappa shape index (κ3) is 2.27. The van der Waals surface area contributed by atoms with Gasteiger partial charge < -0.3 is 15.2 Å². The fraction of sp³-hybridized carbons (Fsp3) is 0.786. The van der Waals surface area contributed by atoms with Crippen LogP contribution in [0.3, 0.4) is 0 Å². The van der Waals surface area contributed by atoms with Crippen molar-refractivity contribution in [3.8, 4) is 0 Å². The first-order valence-electron chi connectivity index (χ1n) is 6.95. The number of nitrogens with one attached hydrogen (secondary N) is 1. The number of carboxylic acid groups (broad SMARTS) is 1. The topological polar surface area (TPSA) is 92.7 Å². The lowest BCUT2D eigenvalue weighted by molar-refractivity contribution is -0.154. The zero-order valence-corrected chi connectivity index (χ0v) is 12.0. The third-order valence-electron chi connectivity index (χ3n) is 5.22. The third-order valence-corrected chi connectivity index (χ3v) is 5.22. The fourth-order valence-corrected chi connectivity index (χ4v) is 4.10. The Hall–Kier alpha value is -1.59. The van der Waals surface area contributed by atoms with E-state index in [9.17, 15) is 14.4 Å². The Balaban J connectivity index is 2.18. The summed E-state index contributed by atoms with van der Waals surface area (Å²) in [5.74, 6) is -1.65. The van der Waals surface area contributed by atoms with Crippen molar-refractivity contribution >= 4 is 17.8 Å². The van der Waals surface area contributed by atoms with Crippen molar-refractivity contribution in [1.82, 2.24) is 5.32 Å². The molecule has 0 spiro atoms. The van der Waals surface area contributed by atoms with E-state index in [-0.39, 0.29) is 23.7 Å². The minimum atomic E-state index is -1.09. The molecule has 2 N–H and O–H groups in total. The lowest BCUT2D eigenvalue weighted by Crippen LogP contribution is -2.46. The smallest absolute Gasteiger partial charge is 0.322 e. The summed E-state index contributed by atoms with van der Waals surface area (Å²) in [6, 6.07) is 0. The summed E-state index contributed by atoms with van der Waals surface area (Å²) in [4.78, 5) is 34.8. The van der Waals surface area contributed by atoms with Crippen LogP contribution in [0.25, 0.3) is 0 Å². The van der Waals surface area contributed by atoms with E-state index in [1.165, 1.54) is 7.11 Å². The van der Waals surface area contributed by atoms with E-state index in [4.69, 9.17) is 9.84 Å². The highest BCUT2D eigenvalue weighted by molar-refractivity contribution is 5.88. The number of hydrogen-bond acceptors (Lipinski definition) is 4. The first-order chi connectivity index (χ1) is 9.38. The molecule has 112 valence electrons. The van der Waals surface area contributed by atoms with Crippen molar-refractivity contribution in [2.75, 3.05) is 13.7 Å². The fourth-order valence-electron chi connectivity index (χ4n) is 4.10. The second-order valence-electron chi connectivity index (χ2n) is 5.97. The van der Waals surface area contributed by atoms with E-state index >= 15 is 0 Å². The van der Waals surface area contributed by atoms with Gasteiger partial charge in [-0.25, -0.2) is 0 Å². The highest BCUT2D eigenvalue weighted by atomic mass is 16.5. The van der Waals surface area contributed by atoms with Gasteiger partial charge in [0, 0.05) is 0 Å². The Kier molecular flexibility index (Phi) is 4.01. The highest BCUT2D eigenvalue weighted by Gasteiger charge is 2.60. The highest BCUT2D eigenvalue weighted by Crippen LogP contribution is 2.58. The number of carbonyl (C=O) groups is 3. The molecule has 1 amide bonds. The van der Waals surface area contributed by atoms with Crippen LogP contribution >= 0.6 is 0 Å². The van der Waals surface area contributed by atoms with E-state index in [2.05, 4.69) is 19.2 Å². The predicted octanol–water partition coefficient (Wildman–Crippen LogP) is 0.515. The van der Waals surface area contributed by atoms with Crippen LogP contribution in [-0.2, 0) is 19.1 Å². The standard InChI is InChI=1S/C14H21NO5/c1-6-7(2)9-4-8(6)11(12(9)14(19)20-3)13(18)15-5-10(16)17/h6-9,11-12H,4-5H2,1-3H3,(H,15,18)(H,16,17). The van der Waals surface area contributed by atoms with Crippen LogP contribution in [0.5, 0.6) is 0 Å². The molecule has 6 unspecified atom stereocenters. The number of methoxy groups -OCH3 is 1. The normalized spacial score (nSPS) is 38.5. The summed E-state index contributed by atoms with van der Waals surface area (Å²) in [7, 11) is 1.33. The van der Waals surface area contributed by atoms with Crippen LogP contribution in [0.15, 0.2) is 0 Å². The van der Waals surface area contributed by atoms with Gasteiger partial charge in [-0.1, -0.05) is 13.8 Å². The number of carboxylic acids is 1. The first-order valence-corrected chi connectivity index (χ1v) is 6.95. The molecule has 2 bridgehead atoms. The first kappa shape index (κ1) is 14.8. The number of amides is 1. The minimum absolute atomic E-state index is 0.132. The molecule has 20 heavy (non-hydrogen) atoms. The monoisotopic (exact) mass is 283 g/mol. The maximum atomic E-state index is 12.2. The van der Waals surface area contributed by atoms with E-state index < -0.39 is 24.3 Å². The molecule has 6 heteroatoms. The molecule has 6 nitrogen and oxygen atoms in total. The predicted molar refractivity (Wildman–Crippen MR) is 69.6 cm³/mol. The van der Waals surface area contributed by atoms with Gasteiger partial charge in [-0.15, -0.1) is 0 Å². The lowest BCUT2D eigenvalue weighted by Gasteiger charge is -2.35. The van der Waals surface area contributed by atoms with E-state index in [1.807, 2.05) is 0 Å². The summed E-state index contributed by atoms with van der Waals surface area (Å²) in [6.45, 7) is 3.79. The summed E-state index contributed by atoms with van der Waals surface area (Å²) >= 11 is 0. The van der Waals surface area contributed by atoms with Gasteiger partial charge in [0.2, 0.25) is 5.91 Å². The number of fused-ring (bicyclic) bond motifs is 2. The van der Waals surface area contributed by atoms with Gasteiger partial charge in [0.25, 0.3) is 0 Å². The zero-order chi connectivity index (χ0) is 15.0. The van der Waals surface area contributed by atoms with Gasteiger partial charge in [0.15, 0.2) is 0 Å². The molecule has 0 radical (unpaired) electrons. The summed E-state index contributed by atoms with van der Waals surface area (Å²) in [5, 5.41) is 11.1. The lowest BCUT2D eigenvalue weighted by atomic mass is 9.69. The molecule has 2 aliphatic rings. The van der Waals surface area contributed by atoms with Crippen LogP contribution in [0.4, 0.5) is 0 Å². The average molecular weight is 283 g/mol. The summed E-state index contributed by atoms with van der Waals surface area (Å²) < 4.78 is 4.84. The number of carbonyl (C=O) groups excluding carboxylic acids is 2. The van der Waals surface area contributed by atoms with E-state index in [0.717, 1.165) is 6.42 Å². The number of hydrogen-bond donors (Lipinski definition) is 2. The quantitative estimate of drug-likeness (QED) is 0.734. The van der Waals surface area contributed by atoms with Gasteiger partial charge in [-0.05, 0) is 30.1 Å². The molecule has 6 atom stereocenters. The molecule has 2 aliphatic carbocycles. The molecule has 0 aromatic heterocycles. The van der Waals surface area contributed by atoms with Crippen LogP contribution < -0.4 is 5.32 Å². The second-order valence-corrected chi connectivity index (χ2v) is 5.97. The Bertz CT molecular complexity index is 435. The molecule has 2 rings (SSSR count). The van der Waals surface area contributed by atoms with E-state index in [0.29, 0.717) is 11.8 Å². The van der Waals surface area contributed by atoms with Crippen molar-refractivity contribution < 1.29 is 24.2 Å². The van der Waals surface area contributed by atoms with Gasteiger partial charge in [0.05, 0.1) is 18.9 Å². The Labute approximate surface area is 117 Å². The van der Waals surface area contributed by atoms with Gasteiger partial charge in [0.1, 0.15) is 6.54 Å². The molecule has 0 aromatic carbocycles. The largest absolute Gasteiger partial charge is 0.480 e. The molecule has 0 saturated heterocycles. The maximum absolute atomic E-state index is 12.2. The molecular weight excluding hydrogens is 262 g/mol. The van der Waals surface area contributed by atoms with Crippen LogP contribution in [0, 0.1) is 35.5 Å². The molecule has 0 aromatic rings. The van der Waals surface area contributed by atoms with Crippen molar-refractivity contribution in [2.24, 2.45) is 35.5 Å². The van der Waals surface area contributed by atoms with Gasteiger partial charge in [-0.3, -0.25) is 14.4 Å². The van der Waals surface area contributed by atoms with Crippen molar-refractivity contribution in [3.05, 3.63) is 0 Å². The SMILES string of the molecule is COC(=O)C1C2CC(C(C)C2C)C1C(=O)NCC(=O)O. The van der Waals surface area contributed by atoms with E-state index in [1.54, 1.807) is 0 Å². The summed E-state index contributed by atoms with van der Waals surface area (Å²) in [5.41, 5.74) is 0. The van der Waals surface area contributed by atoms with Crippen LogP contribution in [0.1, 0.15) is 20.3 Å². The maximum Gasteiger partial charge on any atom is 0.322 e. The average Bonchev–Trinajstić information content (AvgIpc) is 2.93. The van der Waals surface area contributed by atoms with Crippen LogP contribution in [0.2, 0.25) is 0 Å². The second kappa shape index (κ2) is 5.42. The molecule has 2 saturated carbocycles. The number of rotatable bonds is 4. The molecule has 0 aliphatic heterocycles. The number of ether oxygens (including phenoxy) is 1. The van der Waals surface area contributed by atoms with Gasteiger partial charge >= 0.3 is 11.9 Å². The zero-order valence-electron chi connectivity index (χ0n) is 12.0. The number of aliphatic carboxylic acids is 1. The minimum Gasteiger partial charge on any atom is -0.480 e. The summed E-state index contributed by atoms with van der Waals surface area (Å²) in [6.07, 6.45) is 0.841. The molecular formula is C14H21NO5. The molecule has 2 fully saturated rings. The molecule has 0 heterocycles. The van der Waals surface area contributed by atoms with Crippen molar-refractivity contribution in [2.45, 2.75) is 20.3 Å². The Morgan fingerprint density at radius 2 is 1.70 bits per heavy atom. The number of esters is 1. The van der Waals surface area contributed by atoms with Crippen LogP contribution in [-0.4, -0.2) is 36.6 Å². The Morgan fingerprint density at radius 3 is 2.20 bits per heavy atom. The van der Waals surface area contributed by atoms with Gasteiger partial charge in [-0.2, -0.15) is 0 Å². The Morgan fingerprint density at radius 1 is 1.15 bits per heavy atom. The van der Waals surface area contributed by atoms with Crippen molar-refractivity contribution in [3.63, 3.8) is 0 Å². The van der Waals surface area contributed by atoms with Crippen molar-refractivity contribution in [1.29, 1.82) is 0 Å².